The van der Waals surface area contributed by atoms with Crippen molar-refractivity contribution in [1.82, 2.24) is 4.90 Å². The Balaban J connectivity index is 2.09. The van der Waals surface area contributed by atoms with Gasteiger partial charge in [-0.15, -0.1) is 0 Å². The number of hydrogen-bond donors (Lipinski definition) is 1. The van der Waals surface area contributed by atoms with Gasteiger partial charge < -0.3 is 5.11 Å². The highest BCUT2D eigenvalue weighted by Gasteiger charge is 2.28. The van der Waals surface area contributed by atoms with Gasteiger partial charge in [0.15, 0.2) is 0 Å². The predicted molar refractivity (Wildman–Crippen MR) is 61.6 cm³/mol. The molecule has 0 bridgehead atoms. The second kappa shape index (κ2) is 5.26. The fourth-order valence-corrected chi connectivity index (χ4v) is 1.95. The SMILES string of the molecule is N#Cc1cc(CN(CCO)C2CC2)ccc1F. The summed E-state index contributed by atoms with van der Waals surface area (Å²) in [6.45, 7) is 1.42. The molecule has 0 atom stereocenters. The summed E-state index contributed by atoms with van der Waals surface area (Å²) in [6.07, 6.45) is 2.32. The van der Waals surface area contributed by atoms with Crippen LogP contribution in [0.15, 0.2) is 18.2 Å². The summed E-state index contributed by atoms with van der Waals surface area (Å²) >= 11 is 0. The van der Waals surface area contributed by atoms with E-state index in [1.54, 1.807) is 12.1 Å². The van der Waals surface area contributed by atoms with Crippen molar-refractivity contribution in [3.63, 3.8) is 0 Å². The van der Waals surface area contributed by atoms with Crippen molar-refractivity contribution in [2.24, 2.45) is 0 Å². The van der Waals surface area contributed by atoms with E-state index in [9.17, 15) is 4.39 Å². The van der Waals surface area contributed by atoms with E-state index in [1.165, 1.54) is 6.07 Å². The number of nitrogens with zero attached hydrogens (tertiary/aromatic N) is 2. The second-order valence-electron chi connectivity index (χ2n) is 4.35. The average molecular weight is 234 g/mol. The van der Waals surface area contributed by atoms with Gasteiger partial charge >= 0.3 is 0 Å². The summed E-state index contributed by atoms with van der Waals surface area (Å²) in [4.78, 5) is 2.17. The molecule has 17 heavy (non-hydrogen) atoms. The van der Waals surface area contributed by atoms with E-state index in [0.29, 0.717) is 19.1 Å². The molecule has 1 fully saturated rings. The van der Waals surface area contributed by atoms with Crippen molar-refractivity contribution in [1.29, 1.82) is 5.26 Å². The number of aliphatic hydroxyl groups excluding tert-OH is 1. The van der Waals surface area contributed by atoms with Crippen molar-refractivity contribution in [3.05, 3.63) is 35.1 Å². The molecule has 90 valence electrons. The van der Waals surface area contributed by atoms with Gasteiger partial charge in [0, 0.05) is 19.1 Å². The first-order chi connectivity index (χ1) is 8.24. The van der Waals surface area contributed by atoms with Crippen LogP contribution in [0.1, 0.15) is 24.0 Å². The van der Waals surface area contributed by atoms with Crippen molar-refractivity contribution < 1.29 is 9.50 Å². The van der Waals surface area contributed by atoms with Gasteiger partial charge in [0.2, 0.25) is 0 Å². The summed E-state index contributed by atoms with van der Waals surface area (Å²) in [7, 11) is 0. The molecule has 0 aliphatic heterocycles. The highest BCUT2D eigenvalue weighted by atomic mass is 19.1. The lowest BCUT2D eigenvalue weighted by Gasteiger charge is -2.20. The number of aliphatic hydroxyl groups is 1. The van der Waals surface area contributed by atoms with E-state index in [0.717, 1.165) is 18.4 Å². The molecule has 1 saturated carbocycles. The second-order valence-corrected chi connectivity index (χ2v) is 4.35. The molecule has 1 aliphatic carbocycles. The molecule has 1 N–H and O–H groups in total. The van der Waals surface area contributed by atoms with E-state index in [4.69, 9.17) is 10.4 Å². The predicted octanol–water partition coefficient (Wildman–Crippen LogP) is 1.65. The zero-order valence-corrected chi connectivity index (χ0v) is 9.56. The molecule has 0 radical (unpaired) electrons. The number of hydrogen-bond acceptors (Lipinski definition) is 3. The number of halogens is 1. The fourth-order valence-electron chi connectivity index (χ4n) is 1.95. The van der Waals surface area contributed by atoms with E-state index in [-0.39, 0.29) is 12.2 Å². The summed E-state index contributed by atoms with van der Waals surface area (Å²) < 4.78 is 13.2. The lowest BCUT2D eigenvalue weighted by Crippen LogP contribution is -2.28. The third-order valence-electron chi connectivity index (χ3n) is 2.99. The third kappa shape index (κ3) is 3.02. The maximum absolute atomic E-state index is 13.2. The normalized spacial score (nSPS) is 14.9. The maximum atomic E-state index is 13.2. The van der Waals surface area contributed by atoms with Gasteiger partial charge in [-0.3, -0.25) is 4.90 Å². The van der Waals surface area contributed by atoms with Gasteiger partial charge in [0.25, 0.3) is 0 Å². The number of nitriles is 1. The zero-order chi connectivity index (χ0) is 12.3. The molecule has 0 heterocycles. The van der Waals surface area contributed by atoms with E-state index >= 15 is 0 Å². The molecule has 0 saturated heterocycles. The third-order valence-corrected chi connectivity index (χ3v) is 2.99. The minimum Gasteiger partial charge on any atom is -0.395 e. The highest BCUT2D eigenvalue weighted by molar-refractivity contribution is 5.34. The molecule has 2 rings (SSSR count). The Hall–Kier alpha value is -1.44. The Morgan fingerprint density at radius 2 is 2.24 bits per heavy atom. The molecular formula is C13H15FN2O. The molecule has 0 aromatic heterocycles. The quantitative estimate of drug-likeness (QED) is 0.842. The van der Waals surface area contributed by atoms with Crippen molar-refractivity contribution in [2.75, 3.05) is 13.2 Å². The smallest absolute Gasteiger partial charge is 0.140 e. The molecule has 3 nitrogen and oxygen atoms in total. The van der Waals surface area contributed by atoms with Gasteiger partial charge in [-0.2, -0.15) is 5.26 Å². The summed E-state index contributed by atoms with van der Waals surface area (Å²) in [5.41, 5.74) is 1.01. The lowest BCUT2D eigenvalue weighted by atomic mass is 10.1. The first-order valence-corrected chi connectivity index (χ1v) is 5.78. The van der Waals surface area contributed by atoms with Crippen LogP contribution in [0.5, 0.6) is 0 Å². The van der Waals surface area contributed by atoms with E-state index < -0.39 is 5.82 Å². The Kier molecular flexibility index (Phi) is 3.72. The van der Waals surface area contributed by atoms with Crippen LogP contribution < -0.4 is 0 Å². The summed E-state index contributed by atoms with van der Waals surface area (Å²) in [5, 5.41) is 17.7. The topological polar surface area (TPSA) is 47.3 Å². The Bertz CT molecular complexity index is 438. The van der Waals surface area contributed by atoms with Crippen molar-refractivity contribution in [3.8, 4) is 6.07 Å². The van der Waals surface area contributed by atoms with E-state index in [1.807, 2.05) is 6.07 Å². The minimum absolute atomic E-state index is 0.0854. The Morgan fingerprint density at radius 3 is 2.82 bits per heavy atom. The number of rotatable bonds is 5. The first-order valence-electron chi connectivity index (χ1n) is 5.78. The number of benzene rings is 1. The van der Waals surface area contributed by atoms with Gasteiger partial charge in [0.05, 0.1) is 12.2 Å². The monoisotopic (exact) mass is 234 g/mol. The standard InChI is InChI=1S/C13H15FN2O/c14-13-4-1-10(7-11(13)8-15)9-16(5-6-17)12-2-3-12/h1,4,7,12,17H,2-3,5-6,9H2. The largest absolute Gasteiger partial charge is 0.395 e. The molecule has 0 spiro atoms. The molecule has 1 aromatic rings. The molecule has 1 aromatic carbocycles. The Labute approximate surface area is 100 Å². The van der Waals surface area contributed by atoms with Crippen LogP contribution in [0.25, 0.3) is 0 Å². The lowest BCUT2D eigenvalue weighted by molar-refractivity contribution is 0.183. The Morgan fingerprint density at radius 1 is 1.47 bits per heavy atom. The molecular weight excluding hydrogens is 219 g/mol. The maximum Gasteiger partial charge on any atom is 0.140 e. The van der Waals surface area contributed by atoms with E-state index in [2.05, 4.69) is 4.90 Å². The first kappa shape index (κ1) is 12.0. The molecule has 1 aliphatic rings. The zero-order valence-electron chi connectivity index (χ0n) is 9.56. The average Bonchev–Trinajstić information content (AvgIpc) is 3.15. The summed E-state index contributed by atoms with van der Waals surface area (Å²) in [6, 6.07) is 7.00. The summed E-state index contributed by atoms with van der Waals surface area (Å²) in [5.74, 6) is -0.476. The van der Waals surface area contributed by atoms with Crippen LogP contribution in [0.2, 0.25) is 0 Å². The van der Waals surface area contributed by atoms with Crippen LogP contribution in [-0.4, -0.2) is 29.2 Å². The minimum atomic E-state index is -0.476. The molecule has 4 heteroatoms. The van der Waals surface area contributed by atoms with Crippen molar-refractivity contribution in [2.45, 2.75) is 25.4 Å². The van der Waals surface area contributed by atoms with Crippen LogP contribution >= 0.6 is 0 Å². The van der Waals surface area contributed by atoms with Crippen molar-refractivity contribution >= 4 is 0 Å². The highest BCUT2D eigenvalue weighted by Crippen LogP contribution is 2.28. The van der Waals surface area contributed by atoms with Gasteiger partial charge in [-0.25, -0.2) is 4.39 Å². The van der Waals surface area contributed by atoms with Gasteiger partial charge in [-0.1, -0.05) is 6.07 Å². The van der Waals surface area contributed by atoms with Crippen LogP contribution in [0, 0.1) is 17.1 Å². The van der Waals surface area contributed by atoms with Crippen LogP contribution in [0.4, 0.5) is 4.39 Å². The van der Waals surface area contributed by atoms with Crippen LogP contribution in [-0.2, 0) is 6.54 Å². The molecule has 0 amide bonds. The van der Waals surface area contributed by atoms with Gasteiger partial charge in [-0.05, 0) is 30.5 Å². The van der Waals surface area contributed by atoms with Crippen LogP contribution in [0.3, 0.4) is 0 Å². The van der Waals surface area contributed by atoms with Gasteiger partial charge in [0.1, 0.15) is 11.9 Å². The fraction of sp³-hybridized carbons (Fsp3) is 0.462. The molecule has 0 unspecified atom stereocenters.